The molecule has 29 heavy (non-hydrogen) atoms. The third-order valence-corrected chi connectivity index (χ3v) is 5.77. The number of ether oxygens (including phenoxy) is 1. The Hall–Kier alpha value is -1.72. The smallest absolute Gasteiger partial charge is 0.234 e. The first-order valence-electron chi connectivity index (χ1n) is 10.1. The number of nitrogens with zero attached hydrogens (tertiary/aromatic N) is 6. The maximum absolute atomic E-state index is 12.6. The van der Waals surface area contributed by atoms with Crippen LogP contribution in [0.15, 0.2) is 5.16 Å². The van der Waals surface area contributed by atoms with E-state index in [1.54, 1.807) is 4.68 Å². The standard InChI is InChI=1S/C18H31N7O3S/c1-18(2,3)19-15(26)12-23-6-8-24(9-7-23)16(27)13-29-17-20-21-22-25(17)11-14-5-4-10-28-14/h14H,4-13H2,1-3H3,(H,19,26). The SMILES string of the molecule is CC(C)(C)NC(=O)CN1CCN(C(=O)CSc2nnnn2CC2CCCO2)CC1. The first-order chi connectivity index (χ1) is 13.8. The van der Waals surface area contributed by atoms with Crippen molar-refractivity contribution in [2.24, 2.45) is 0 Å². The fourth-order valence-corrected chi connectivity index (χ4v) is 4.22. The molecule has 3 rings (SSSR count). The molecule has 11 heteroatoms. The Bertz CT molecular complexity index is 692. The number of nitrogens with one attached hydrogen (secondary N) is 1. The van der Waals surface area contributed by atoms with Crippen LogP contribution in [0.3, 0.4) is 0 Å². The van der Waals surface area contributed by atoms with Gasteiger partial charge in [-0.3, -0.25) is 14.5 Å². The zero-order valence-electron chi connectivity index (χ0n) is 17.5. The summed E-state index contributed by atoms with van der Waals surface area (Å²) >= 11 is 1.36. The van der Waals surface area contributed by atoms with E-state index in [-0.39, 0.29) is 23.5 Å². The van der Waals surface area contributed by atoms with E-state index in [0.29, 0.717) is 50.2 Å². The van der Waals surface area contributed by atoms with Gasteiger partial charge in [0.15, 0.2) is 0 Å². The molecule has 0 aromatic carbocycles. The van der Waals surface area contributed by atoms with E-state index in [2.05, 4.69) is 25.7 Å². The summed E-state index contributed by atoms with van der Waals surface area (Å²) in [6.07, 6.45) is 2.23. The van der Waals surface area contributed by atoms with Crippen LogP contribution in [0.5, 0.6) is 0 Å². The Kier molecular flexibility index (Phi) is 7.47. The van der Waals surface area contributed by atoms with Gasteiger partial charge in [0.2, 0.25) is 17.0 Å². The van der Waals surface area contributed by atoms with Gasteiger partial charge in [0.25, 0.3) is 0 Å². The fourth-order valence-electron chi connectivity index (χ4n) is 3.43. The minimum atomic E-state index is -0.231. The molecule has 162 valence electrons. The lowest BCUT2D eigenvalue weighted by Crippen LogP contribution is -2.53. The van der Waals surface area contributed by atoms with E-state index < -0.39 is 0 Å². The van der Waals surface area contributed by atoms with Gasteiger partial charge < -0.3 is 15.0 Å². The molecule has 0 aliphatic carbocycles. The predicted molar refractivity (Wildman–Crippen MR) is 108 cm³/mol. The number of piperazine rings is 1. The van der Waals surface area contributed by atoms with Gasteiger partial charge in [0.05, 0.1) is 24.9 Å². The number of thioether (sulfide) groups is 1. The van der Waals surface area contributed by atoms with Crippen LogP contribution in [-0.4, -0.2) is 98.5 Å². The summed E-state index contributed by atoms with van der Waals surface area (Å²) < 4.78 is 7.35. The van der Waals surface area contributed by atoms with E-state index in [1.165, 1.54) is 11.8 Å². The third kappa shape index (κ3) is 6.93. The molecule has 2 aliphatic rings. The second-order valence-corrected chi connectivity index (χ2v) is 9.46. The highest BCUT2D eigenvalue weighted by Gasteiger charge is 2.25. The zero-order chi connectivity index (χ0) is 20.9. The summed E-state index contributed by atoms with van der Waals surface area (Å²) in [4.78, 5) is 28.6. The Labute approximate surface area is 175 Å². The van der Waals surface area contributed by atoms with Crippen LogP contribution in [-0.2, 0) is 20.9 Å². The number of aromatic nitrogens is 4. The van der Waals surface area contributed by atoms with Gasteiger partial charge in [0, 0.05) is 38.3 Å². The lowest BCUT2D eigenvalue weighted by Gasteiger charge is -2.34. The highest BCUT2D eigenvalue weighted by atomic mass is 32.2. The van der Waals surface area contributed by atoms with Crippen molar-refractivity contribution in [3.63, 3.8) is 0 Å². The highest BCUT2D eigenvalue weighted by Crippen LogP contribution is 2.19. The molecule has 2 fully saturated rings. The quantitative estimate of drug-likeness (QED) is 0.609. The highest BCUT2D eigenvalue weighted by molar-refractivity contribution is 7.99. The van der Waals surface area contributed by atoms with Crippen LogP contribution < -0.4 is 5.32 Å². The Morgan fingerprint density at radius 3 is 2.66 bits per heavy atom. The van der Waals surface area contributed by atoms with E-state index in [9.17, 15) is 9.59 Å². The van der Waals surface area contributed by atoms with Gasteiger partial charge in [-0.1, -0.05) is 11.8 Å². The molecule has 0 radical (unpaired) electrons. The van der Waals surface area contributed by atoms with Crippen molar-refractivity contribution < 1.29 is 14.3 Å². The van der Waals surface area contributed by atoms with Gasteiger partial charge >= 0.3 is 0 Å². The molecule has 3 heterocycles. The van der Waals surface area contributed by atoms with Crippen molar-refractivity contribution in [2.75, 3.05) is 45.1 Å². The van der Waals surface area contributed by atoms with Gasteiger partial charge in [0.1, 0.15) is 0 Å². The van der Waals surface area contributed by atoms with Crippen molar-refractivity contribution in [1.29, 1.82) is 0 Å². The molecule has 10 nitrogen and oxygen atoms in total. The summed E-state index contributed by atoms with van der Waals surface area (Å²) in [5, 5.41) is 15.4. The van der Waals surface area contributed by atoms with Crippen molar-refractivity contribution in [2.45, 2.75) is 57.0 Å². The van der Waals surface area contributed by atoms with Crippen molar-refractivity contribution in [3.05, 3.63) is 0 Å². The topological polar surface area (TPSA) is 105 Å². The van der Waals surface area contributed by atoms with Gasteiger partial charge in [-0.05, 0) is 44.0 Å². The summed E-state index contributed by atoms with van der Waals surface area (Å²) in [5.41, 5.74) is -0.231. The van der Waals surface area contributed by atoms with Crippen LogP contribution in [0.1, 0.15) is 33.6 Å². The summed E-state index contributed by atoms with van der Waals surface area (Å²) in [5.74, 6) is 0.391. The van der Waals surface area contributed by atoms with Gasteiger partial charge in [-0.2, -0.15) is 0 Å². The van der Waals surface area contributed by atoms with Crippen LogP contribution in [0.4, 0.5) is 0 Å². The van der Waals surface area contributed by atoms with Crippen molar-refractivity contribution >= 4 is 23.6 Å². The maximum Gasteiger partial charge on any atom is 0.234 e. The monoisotopic (exact) mass is 425 g/mol. The van der Waals surface area contributed by atoms with Gasteiger partial charge in [-0.15, -0.1) is 5.10 Å². The normalized spacial score (nSPS) is 20.8. The number of carbonyl (C=O) groups is 2. The molecule has 0 bridgehead atoms. The largest absolute Gasteiger partial charge is 0.376 e. The number of hydrogen-bond donors (Lipinski definition) is 1. The average Bonchev–Trinajstić information content (AvgIpc) is 3.31. The Morgan fingerprint density at radius 1 is 1.24 bits per heavy atom. The third-order valence-electron chi connectivity index (χ3n) is 4.83. The molecule has 0 saturated carbocycles. The number of hydrogen-bond acceptors (Lipinski definition) is 8. The molecule has 0 spiro atoms. The fraction of sp³-hybridized carbons (Fsp3) is 0.833. The molecule has 1 atom stereocenters. The van der Waals surface area contributed by atoms with Crippen LogP contribution >= 0.6 is 11.8 Å². The minimum Gasteiger partial charge on any atom is -0.376 e. The summed E-state index contributed by atoms with van der Waals surface area (Å²) in [6.45, 7) is 10.3. The Morgan fingerprint density at radius 2 is 2.00 bits per heavy atom. The van der Waals surface area contributed by atoms with Crippen LogP contribution in [0.25, 0.3) is 0 Å². The average molecular weight is 426 g/mol. The first kappa shape index (κ1) is 22.0. The lowest BCUT2D eigenvalue weighted by molar-refractivity contribution is -0.130. The van der Waals surface area contributed by atoms with Crippen molar-refractivity contribution in [3.8, 4) is 0 Å². The number of amides is 2. The number of carbonyl (C=O) groups excluding carboxylic acids is 2. The lowest BCUT2D eigenvalue weighted by atomic mass is 10.1. The summed E-state index contributed by atoms with van der Waals surface area (Å²) in [7, 11) is 0. The van der Waals surface area contributed by atoms with Crippen LogP contribution in [0, 0.1) is 0 Å². The molecule has 2 amide bonds. The van der Waals surface area contributed by atoms with Crippen LogP contribution in [0.2, 0.25) is 0 Å². The minimum absolute atomic E-state index is 0.0194. The van der Waals surface area contributed by atoms with E-state index in [4.69, 9.17) is 4.74 Å². The molecule has 2 saturated heterocycles. The molecular weight excluding hydrogens is 394 g/mol. The van der Waals surface area contributed by atoms with E-state index in [1.807, 2.05) is 25.7 Å². The Balaban J connectivity index is 1.39. The second-order valence-electron chi connectivity index (χ2n) is 8.52. The molecular formula is C18H31N7O3S. The van der Waals surface area contributed by atoms with Crippen molar-refractivity contribution in [1.82, 2.24) is 35.3 Å². The number of rotatable bonds is 7. The molecule has 1 aromatic rings. The van der Waals surface area contributed by atoms with E-state index in [0.717, 1.165) is 19.4 Å². The maximum atomic E-state index is 12.6. The van der Waals surface area contributed by atoms with Gasteiger partial charge in [-0.25, -0.2) is 4.68 Å². The summed E-state index contributed by atoms with van der Waals surface area (Å²) in [6, 6.07) is 0. The second kappa shape index (κ2) is 9.86. The molecule has 1 N–H and O–H groups in total. The molecule has 1 unspecified atom stereocenters. The number of tetrazole rings is 1. The molecule has 2 aliphatic heterocycles. The zero-order valence-corrected chi connectivity index (χ0v) is 18.3. The first-order valence-corrected chi connectivity index (χ1v) is 11.1. The van der Waals surface area contributed by atoms with E-state index >= 15 is 0 Å². The predicted octanol–water partition coefficient (Wildman–Crippen LogP) is 0.00310. The molecule has 1 aromatic heterocycles.